The van der Waals surface area contributed by atoms with Crippen LogP contribution in [0, 0.1) is 0 Å². The monoisotopic (exact) mass is 429 g/mol. The van der Waals surface area contributed by atoms with Gasteiger partial charge in [0.15, 0.2) is 11.5 Å². The molecule has 0 spiro atoms. The highest BCUT2D eigenvalue weighted by Gasteiger charge is 2.17. The topological polar surface area (TPSA) is 45.7 Å². The Bertz CT molecular complexity index is 1110. The molecule has 4 aromatic rings. The fraction of sp³-hybridized carbons (Fsp3) is 0.370. The summed E-state index contributed by atoms with van der Waals surface area (Å²) in [5, 5.41) is 6.83. The number of benzene rings is 2. The lowest BCUT2D eigenvalue weighted by Crippen LogP contribution is -2.30. The molecule has 1 aliphatic rings. The van der Waals surface area contributed by atoms with Crippen molar-refractivity contribution >= 4 is 16.7 Å². The van der Waals surface area contributed by atoms with Gasteiger partial charge in [-0.1, -0.05) is 60.5 Å². The van der Waals surface area contributed by atoms with Gasteiger partial charge >= 0.3 is 0 Å². The standard InChI is InChI=1S/C27H31N3O2/c1-2-6-16-29(15-5-1)17-9-18-30(27-20-25(28-32-27)26-14-8-19-31-26)21-23-12-7-11-22-10-3-4-13-24(22)23/h3-4,7-8,10-14,19-20H,1-2,5-6,9,15-18,21H2. The molecule has 2 aromatic heterocycles. The van der Waals surface area contributed by atoms with Gasteiger partial charge in [0.1, 0.15) is 0 Å². The van der Waals surface area contributed by atoms with Crippen molar-refractivity contribution in [2.75, 3.05) is 31.1 Å². The summed E-state index contributed by atoms with van der Waals surface area (Å²) >= 11 is 0. The summed E-state index contributed by atoms with van der Waals surface area (Å²) < 4.78 is 11.3. The lowest BCUT2D eigenvalue weighted by Gasteiger charge is -2.25. The molecule has 5 heteroatoms. The average Bonchev–Trinajstić information content (AvgIpc) is 3.47. The molecule has 0 saturated carbocycles. The van der Waals surface area contributed by atoms with Crippen molar-refractivity contribution in [1.29, 1.82) is 0 Å². The SMILES string of the molecule is c1coc(-c2cc(N(CCCN3CCCCCC3)Cc3cccc4ccccc34)on2)c1. The molecule has 5 nitrogen and oxygen atoms in total. The predicted molar refractivity (Wildman–Crippen MR) is 129 cm³/mol. The molecule has 0 amide bonds. The minimum absolute atomic E-state index is 0.731. The Hall–Kier alpha value is -3.05. The first-order chi connectivity index (χ1) is 15.9. The molecule has 1 aliphatic heterocycles. The molecule has 0 aliphatic carbocycles. The smallest absolute Gasteiger partial charge is 0.228 e. The zero-order chi connectivity index (χ0) is 21.6. The van der Waals surface area contributed by atoms with Crippen molar-refractivity contribution < 1.29 is 8.94 Å². The minimum atomic E-state index is 0.731. The first-order valence-corrected chi connectivity index (χ1v) is 11.8. The van der Waals surface area contributed by atoms with E-state index < -0.39 is 0 Å². The second-order valence-electron chi connectivity index (χ2n) is 8.70. The third-order valence-corrected chi connectivity index (χ3v) is 6.43. The van der Waals surface area contributed by atoms with Gasteiger partial charge in [-0.05, 0) is 67.4 Å². The van der Waals surface area contributed by atoms with E-state index in [0.29, 0.717) is 0 Å². The van der Waals surface area contributed by atoms with E-state index in [9.17, 15) is 0 Å². The molecule has 0 atom stereocenters. The normalized spacial score (nSPS) is 15.1. The highest BCUT2D eigenvalue weighted by molar-refractivity contribution is 5.85. The van der Waals surface area contributed by atoms with E-state index in [0.717, 1.165) is 43.4 Å². The molecular weight excluding hydrogens is 398 g/mol. The van der Waals surface area contributed by atoms with Gasteiger partial charge in [0, 0.05) is 19.2 Å². The molecule has 1 fully saturated rings. The average molecular weight is 430 g/mol. The molecular formula is C27H31N3O2. The molecule has 32 heavy (non-hydrogen) atoms. The van der Waals surface area contributed by atoms with E-state index in [1.165, 1.54) is 55.1 Å². The van der Waals surface area contributed by atoms with Crippen LogP contribution in [0.3, 0.4) is 0 Å². The Morgan fingerprint density at radius 3 is 2.59 bits per heavy atom. The molecule has 1 saturated heterocycles. The van der Waals surface area contributed by atoms with Crippen molar-refractivity contribution in [3.63, 3.8) is 0 Å². The summed E-state index contributed by atoms with van der Waals surface area (Å²) in [4.78, 5) is 4.94. The summed E-state index contributed by atoms with van der Waals surface area (Å²) in [5.41, 5.74) is 2.04. The molecule has 0 radical (unpaired) electrons. The van der Waals surface area contributed by atoms with Crippen molar-refractivity contribution in [2.24, 2.45) is 0 Å². The van der Waals surface area contributed by atoms with Crippen LogP contribution in [0.1, 0.15) is 37.7 Å². The van der Waals surface area contributed by atoms with Gasteiger partial charge in [-0.2, -0.15) is 0 Å². The van der Waals surface area contributed by atoms with E-state index in [1.807, 2.05) is 18.2 Å². The van der Waals surface area contributed by atoms with Crippen molar-refractivity contribution in [3.05, 3.63) is 72.5 Å². The summed E-state index contributed by atoms with van der Waals surface area (Å²) in [6.07, 6.45) is 8.16. The van der Waals surface area contributed by atoms with Gasteiger partial charge < -0.3 is 18.7 Å². The number of aromatic nitrogens is 1. The second kappa shape index (κ2) is 10.0. The summed E-state index contributed by atoms with van der Waals surface area (Å²) in [6.45, 7) is 5.30. The van der Waals surface area contributed by atoms with Gasteiger partial charge in [0.2, 0.25) is 5.88 Å². The third kappa shape index (κ3) is 4.89. The summed E-state index contributed by atoms with van der Waals surface area (Å²) in [6, 6.07) is 20.9. The number of fused-ring (bicyclic) bond motifs is 1. The van der Waals surface area contributed by atoms with Crippen LogP contribution in [0.2, 0.25) is 0 Å². The van der Waals surface area contributed by atoms with Crippen LogP contribution in [-0.4, -0.2) is 36.2 Å². The van der Waals surface area contributed by atoms with Crippen LogP contribution in [-0.2, 0) is 6.54 Å². The Labute approximate surface area is 189 Å². The molecule has 166 valence electrons. The van der Waals surface area contributed by atoms with E-state index in [2.05, 4.69) is 57.4 Å². The number of likely N-dealkylation sites (tertiary alicyclic amines) is 1. The van der Waals surface area contributed by atoms with Crippen LogP contribution in [0.15, 0.2) is 75.9 Å². The van der Waals surface area contributed by atoms with E-state index in [4.69, 9.17) is 8.94 Å². The summed E-state index contributed by atoms with van der Waals surface area (Å²) in [5.74, 6) is 1.52. The number of hydrogen-bond donors (Lipinski definition) is 0. The van der Waals surface area contributed by atoms with Crippen LogP contribution in [0.5, 0.6) is 0 Å². The zero-order valence-corrected chi connectivity index (χ0v) is 18.6. The maximum Gasteiger partial charge on any atom is 0.228 e. The van der Waals surface area contributed by atoms with Crippen LogP contribution < -0.4 is 4.90 Å². The van der Waals surface area contributed by atoms with Gasteiger partial charge in [-0.3, -0.25) is 0 Å². The van der Waals surface area contributed by atoms with Gasteiger partial charge in [-0.25, -0.2) is 0 Å². The molecule has 0 bridgehead atoms. The van der Waals surface area contributed by atoms with Crippen molar-refractivity contribution in [3.8, 4) is 11.5 Å². The largest absolute Gasteiger partial charge is 0.463 e. The van der Waals surface area contributed by atoms with E-state index >= 15 is 0 Å². The van der Waals surface area contributed by atoms with Crippen LogP contribution >= 0.6 is 0 Å². The molecule has 5 rings (SSSR count). The quantitative estimate of drug-likeness (QED) is 0.326. The van der Waals surface area contributed by atoms with E-state index in [1.54, 1.807) is 6.26 Å². The van der Waals surface area contributed by atoms with Crippen LogP contribution in [0.25, 0.3) is 22.2 Å². The first kappa shape index (κ1) is 20.8. The maximum absolute atomic E-state index is 5.80. The maximum atomic E-state index is 5.80. The molecule has 3 heterocycles. The Morgan fingerprint density at radius 2 is 1.75 bits per heavy atom. The number of hydrogen-bond acceptors (Lipinski definition) is 5. The Morgan fingerprint density at radius 1 is 0.906 bits per heavy atom. The highest BCUT2D eigenvalue weighted by Crippen LogP contribution is 2.28. The molecule has 0 N–H and O–H groups in total. The summed E-state index contributed by atoms with van der Waals surface area (Å²) in [7, 11) is 0. The second-order valence-corrected chi connectivity index (χ2v) is 8.70. The minimum Gasteiger partial charge on any atom is -0.463 e. The number of nitrogens with zero attached hydrogens (tertiary/aromatic N) is 3. The van der Waals surface area contributed by atoms with Gasteiger partial charge in [0.25, 0.3) is 0 Å². The number of rotatable bonds is 8. The highest BCUT2D eigenvalue weighted by atomic mass is 16.5. The fourth-order valence-electron chi connectivity index (χ4n) is 4.70. The first-order valence-electron chi connectivity index (χ1n) is 11.8. The Kier molecular flexibility index (Phi) is 6.54. The Balaban J connectivity index is 1.35. The van der Waals surface area contributed by atoms with Crippen molar-refractivity contribution in [1.82, 2.24) is 10.1 Å². The van der Waals surface area contributed by atoms with E-state index in [-0.39, 0.29) is 0 Å². The fourth-order valence-corrected chi connectivity index (χ4v) is 4.70. The predicted octanol–water partition coefficient (Wildman–Crippen LogP) is 6.36. The number of anilines is 1. The van der Waals surface area contributed by atoms with Gasteiger partial charge in [-0.15, -0.1) is 0 Å². The lowest BCUT2D eigenvalue weighted by molar-refractivity contribution is 0.281. The number of furan rings is 1. The van der Waals surface area contributed by atoms with Crippen molar-refractivity contribution in [2.45, 2.75) is 38.6 Å². The molecule has 0 unspecified atom stereocenters. The molecule has 2 aromatic carbocycles. The zero-order valence-electron chi connectivity index (χ0n) is 18.6. The van der Waals surface area contributed by atoms with Crippen LogP contribution in [0.4, 0.5) is 5.88 Å². The van der Waals surface area contributed by atoms with Gasteiger partial charge in [0.05, 0.1) is 6.26 Å². The lowest BCUT2D eigenvalue weighted by atomic mass is 10.0. The third-order valence-electron chi connectivity index (χ3n) is 6.43.